The van der Waals surface area contributed by atoms with E-state index >= 15 is 0 Å². The Balaban J connectivity index is 1.74. The highest BCUT2D eigenvalue weighted by atomic mass is 16.5. The van der Waals surface area contributed by atoms with Crippen LogP contribution >= 0.6 is 0 Å². The van der Waals surface area contributed by atoms with Crippen molar-refractivity contribution in [3.8, 4) is 5.75 Å². The van der Waals surface area contributed by atoms with Crippen LogP contribution in [0.25, 0.3) is 4.85 Å². The molecule has 2 aliphatic heterocycles. The molecule has 0 aliphatic carbocycles. The van der Waals surface area contributed by atoms with Gasteiger partial charge in [-0.25, -0.2) is 4.85 Å². The van der Waals surface area contributed by atoms with E-state index in [4.69, 9.17) is 11.3 Å². The van der Waals surface area contributed by atoms with Gasteiger partial charge in [-0.15, -0.1) is 0 Å². The summed E-state index contributed by atoms with van der Waals surface area (Å²) in [5.74, 6) is 0.536. The van der Waals surface area contributed by atoms with Crippen LogP contribution in [0.15, 0.2) is 30.5 Å². The number of amides is 1. The van der Waals surface area contributed by atoms with E-state index in [1.165, 1.54) is 0 Å². The predicted molar refractivity (Wildman–Crippen MR) is 98.0 cm³/mol. The lowest BCUT2D eigenvalue weighted by Gasteiger charge is -2.40. The first-order valence-corrected chi connectivity index (χ1v) is 8.65. The van der Waals surface area contributed by atoms with Crippen molar-refractivity contribution < 1.29 is 9.53 Å². The molecule has 2 heterocycles. The number of rotatable bonds is 3. The van der Waals surface area contributed by atoms with Crippen LogP contribution in [0.5, 0.6) is 5.75 Å². The second-order valence-corrected chi connectivity index (χ2v) is 6.63. The molecule has 6 heteroatoms. The molecule has 1 amide bonds. The molecule has 1 fully saturated rings. The summed E-state index contributed by atoms with van der Waals surface area (Å²) in [6, 6.07) is 5.69. The minimum absolute atomic E-state index is 0.107. The molecule has 0 N–H and O–H groups in total. The van der Waals surface area contributed by atoms with Crippen molar-refractivity contribution in [2.24, 2.45) is 0 Å². The number of carbonyl (C=O) groups excluding carboxylic acids is 1. The molecule has 0 radical (unpaired) electrons. The van der Waals surface area contributed by atoms with Gasteiger partial charge in [-0.1, -0.05) is 12.6 Å². The highest BCUT2D eigenvalue weighted by Gasteiger charge is 2.29. The lowest BCUT2D eigenvalue weighted by molar-refractivity contribution is -0.117. The molecule has 0 atom stereocenters. The maximum atomic E-state index is 13.0. The molecule has 132 valence electrons. The second-order valence-electron chi connectivity index (χ2n) is 6.63. The molecule has 1 saturated heterocycles. The zero-order valence-corrected chi connectivity index (χ0v) is 14.9. The normalized spacial score (nSPS) is 17.7. The summed E-state index contributed by atoms with van der Waals surface area (Å²) in [6.07, 6.45) is 0. The molecule has 0 unspecified atom stereocenters. The molecule has 2 aliphatic rings. The minimum atomic E-state index is -0.107. The van der Waals surface area contributed by atoms with Crippen LogP contribution in [0.4, 0.5) is 11.4 Å². The molecule has 25 heavy (non-hydrogen) atoms. The van der Waals surface area contributed by atoms with Crippen molar-refractivity contribution in [1.82, 2.24) is 9.80 Å². The molecule has 0 aromatic heterocycles. The van der Waals surface area contributed by atoms with Gasteiger partial charge in [0.05, 0.1) is 24.5 Å². The van der Waals surface area contributed by atoms with Gasteiger partial charge >= 0.3 is 0 Å². The summed E-state index contributed by atoms with van der Waals surface area (Å²) in [4.78, 5) is 22.6. The lowest BCUT2D eigenvalue weighted by Crippen LogP contribution is -2.51. The fourth-order valence-electron chi connectivity index (χ4n) is 3.29. The van der Waals surface area contributed by atoms with Crippen molar-refractivity contribution in [2.45, 2.75) is 19.9 Å². The number of benzene rings is 1. The predicted octanol–water partition coefficient (Wildman–Crippen LogP) is 2.50. The van der Waals surface area contributed by atoms with Gasteiger partial charge in [-0.3, -0.25) is 9.69 Å². The minimum Gasteiger partial charge on any atom is -0.490 e. The quantitative estimate of drug-likeness (QED) is 0.626. The topological polar surface area (TPSA) is 40.4 Å². The Bertz CT molecular complexity index is 715. The number of carbonyl (C=O) groups is 1. The number of hydrogen-bond donors (Lipinski definition) is 0. The monoisotopic (exact) mass is 340 g/mol. The average Bonchev–Trinajstić information content (AvgIpc) is 2.66. The summed E-state index contributed by atoms with van der Waals surface area (Å²) in [6.45, 7) is 20.0. The summed E-state index contributed by atoms with van der Waals surface area (Å²) in [7, 11) is 0. The van der Waals surface area contributed by atoms with Crippen LogP contribution in [0.2, 0.25) is 0 Å². The number of anilines is 1. The van der Waals surface area contributed by atoms with E-state index in [1.807, 2.05) is 0 Å². The van der Waals surface area contributed by atoms with E-state index in [1.54, 1.807) is 23.1 Å². The highest BCUT2D eigenvalue weighted by Crippen LogP contribution is 2.36. The first-order valence-electron chi connectivity index (χ1n) is 8.65. The number of ether oxygens (including phenoxy) is 1. The Hall–Kier alpha value is -2.52. The van der Waals surface area contributed by atoms with E-state index in [9.17, 15) is 4.79 Å². The maximum Gasteiger partial charge on any atom is 0.274 e. The van der Waals surface area contributed by atoms with Crippen molar-refractivity contribution in [2.75, 3.05) is 44.2 Å². The molecule has 0 bridgehead atoms. The standard InChI is InChI=1S/C19H24N4O2/c1-14(2)21-7-9-22(10-8-21)15(3)19(24)23-11-12-25-18-6-5-16(20-4)13-17(18)23/h5-6,13-14H,3,7-12H2,1-2H3. The van der Waals surface area contributed by atoms with Gasteiger partial charge in [0.2, 0.25) is 0 Å². The van der Waals surface area contributed by atoms with Gasteiger partial charge in [0.15, 0.2) is 5.69 Å². The number of fused-ring (bicyclic) bond motifs is 1. The van der Waals surface area contributed by atoms with E-state index in [-0.39, 0.29) is 5.91 Å². The Morgan fingerprint density at radius 2 is 1.96 bits per heavy atom. The zero-order chi connectivity index (χ0) is 18.0. The van der Waals surface area contributed by atoms with Crippen molar-refractivity contribution in [1.29, 1.82) is 0 Å². The van der Waals surface area contributed by atoms with E-state index in [0.29, 0.717) is 42.0 Å². The summed E-state index contributed by atoms with van der Waals surface area (Å²) >= 11 is 0. The maximum absolute atomic E-state index is 13.0. The third-order valence-electron chi connectivity index (χ3n) is 4.85. The van der Waals surface area contributed by atoms with Crippen molar-refractivity contribution in [3.05, 3.63) is 41.9 Å². The fourth-order valence-corrected chi connectivity index (χ4v) is 3.29. The molecule has 3 rings (SSSR count). The third kappa shape index (κ3) is 3.47. The summed E-state index contributed by atoms with van der Waals surface area (Å²) in [5.41, 5.74) is 1.68. The van der Waals surface area contributed by atoms with Crippen LogP contribution in [-0.4, -0.2) is 61.1 Å². The molecule has 0 saturated carbocycles. The van der Waals surface area contributed by atoms with Crippen LogP contribution in [0.3, 0.4) is 0 Å². The van der Waals surface area contributed by atoms with Gasteiger partial charge in [-0.05, 0) is 26.0 Å². The molecular weight excluding hydrogens is 316 g/mol. The molecule has 0 spiro atoms. The zero-order valence-electron chi connectivity index (χ0n) is 14.9. The van der Waals surface area contributed by atoms with Gasteiger partial charge in [0.1, 0.15) is 12.4 Å². The Morgan fingerprint density at radius 1 is 1.24 bits per heavy atom. The van der Waals surface area contributed by atoms with E-state index < -0.39 is 0 Å². The smallest absolute Gasteiger partial charge is 0.274 e. The van der Waals surface area contributed by atoms with Gasteiger partial charge in [0, 0.05) is 32.2 Å². The second kappa shape index (κ2) is 7.16. The summed E-state index contributed by atoms with van der Waals surface area (Å²) in [5, 5.41) is 0. The van der Waals surface area contributed by atoms with Crippen LogP contribution < -0.4 is 9.64 Å². The van der Waals surface area contributed by atoms with Crippen LogP contribution in [-0.2, 0) is 4.79 Å². The molecular formula is C19H24N4O2. The van der Waals surface area contributed by atoms with Crippen LogP contribution in [0.1, 0.15) is 13.8 Å². The first kappa shape index (κ1) is 17.3. The first-order chi connectivity index (χ1) is 12.0. The molecule has 6 nitrogen and oxygen atoms in total. The number of piperazine rings is 1. The van der Waals surface area contributed by atoms with Crippen molar-refractivity contribution >= 4 is 17.3 Å². The number of nitrogens with zero attached hydrogens (tertiary/aromatic N) is 4. The SMILES string of the molecule is [C-]#[N+]c1ccc2c(c1)N(C(=O)C(=C)N1CCN(C(C)C)CC1)CCO2. The van der Waals surface area contributed by atoms with E-state index in [2.05, 4.69) is 35.1 Å². The Kier molecular flexibility index (Phi) is 4.95. The molecule has 1 aromatic rings. The van der Waals surface area contributed by atoms with Gasteiger partial charge in [-0.2, -0.15) is 0 Å². The number of hydrogen-bond acceptors (Lipinski definition) is 4. The van der Waals surface area contributed by atoms with Crippen LogP contribution in [0, 0.1) is 6.57 Å². The van der Waals surface area contributed by atoms with E-state index in [0.717, 1.165) is 26.2 Å². The van der Waals surface area contributed by atoms with Gasteiger partial charge in [0.25, 0.3) is 5.91 Å². The molecule has 1 aromatic carbocycles. The largest absolute Gasteiger partial charge is 0.490 e. The lowest BCUT2D eigenvalue weighted by atomic mass is 10.2. The third-order valence-corrected chi connectivity index (χ3v) is 4.85. The fraction of sp³-hybridized carbons (Fsp3) is 0.474. The highest BCUT2D eigenvalue weighted by molar-refractivity contribution is 6.06. The van der Waals surface area contributed by atoms with Gasteiger partial charge < -0.3 is 14.5 Å². The Labute approximate surface area is 149 Å². The summed E-state index contributed by atoms with van der Waals surface area (Å²) < 4.78 is 5.62. The van der Waals surface area contributed by atoms with Crippen molar-refractivity contribution in [3.63, 3.8) is 0 Å². The average molecular weight is 340 g/mol. The Morgan fingerprint density at radius 3 is 2.60 bits per heavy atom.